The Kier molecular flexibility index (Phi) is 5.64. The fourth-order valence-corrected chi connectivity index (χ4v) is 2.52. The largest absolute Gasteiger partial charge is 0.508 e. The quantitative estimate of drug-likeness (QED) is 0.460. The minimum Gasteiger partial charge on any atom is -0.508 e. The van der Waals surface area contributed by atoms with Crippen LogP contribution in [0.15, 0.2) is 41.5 Å². The molecular formula is C19H19N3O6. The maximum absolute atomic E-state index is 12.2. The van der Waals surface area contributed by atoms with Gasteiger partial charge in [0.1, 0.15) is 24.7 Å². The van der Waals surface area contributed by atoms with E-state index in [4.69, 9.17) is 9.47 Å². The van der Waals surface area contributed by atoms with Crippen molar-refractivity contribution in [1.82, 2.24) is 5.43 Å². The second-order valence-corrected chi connectivity index (χ2v) is 6.07. The van der Waals surface area contributed by atoms with Gasteiger partial charge in [-0.05, 0) is 31.2 Å². The molecule has 0 saturated carbocycles. The molecule has 0 saturated heterocycles. The summed E-state index contributed by atoms with van der Waals surface area (Å²) in [6, 6.07) is 8.68. The fourth-order valence-electron chi connectivity index (χ4n) is 2.52. The number of carbonyl (C=O) groups excluding carboxylic acids is 2. The van der Waals surface area contributed by atoms with E-state index in [1.54, 1.807) is 25.1 Å². The van der Waals surface area contributed by atoms with Crippen LogP contribution in [0.1, 0.15) is 23.7 Å². The van der Waals surface area contributed by atoms with Crippen molar-refractivity contribution < 1.29 is 29.3 Å². The lowest BCUT2D eigenvalue weighted by molar-refractivity contribution is -0.115. The van der Waals surface area contributed by atoms with Crippen LogP contribution in [0.5, 0.6) is 23.0 Å². The van der Waals surface area contributed by atoms with Crippen LogP contribution < -0.4 is 20.2 Å². The number of phenols is 2. The van der Waals surface area contributed by atoms with Crippen molar-refractivity contribution in [2.75, 3.05) is 18.5 Å². The van der Waals surface area contributed by atoms with Crippen LogP contribution in [0.25, 0.3) is 0 Å². The minimum absolute atomic E-state index is 0.0454. The van der Waals surface area contributed by atoms with Gasteiger partial charge in [-0.15, -0.1) is 0 Å². The molecule has 1 heterocycles. The third-order valence-electron chi connectivity index (χ3n) is 3.82. The number of amides is 2. The molecule has 28 heavy (non-hydrogen) atoms. The van der Waals surface area contributed by atoms with E-state index in [1.807, 2.05) is 0 Å². The molecule has 0 aliphatic carbocycles. The van der Waals surface area contributed by atoms with Gasteiger partial charge in [0, 0.05) is 23.5 Å². The Hall–Kier alpha value is -3.75. The smallest absolute Gasteiger partial charge is 0.275 e. The lowest BCUT2D eigenvalue weighted by atomic mass is 10.2. The van der Waals surface area contributed by atoms with E-state index in [0.29, 0.717) is 36.1 Å². The predicted octanol–water partition coefficient (Wildman–Crippen LogP) is 2.00. The standard InChI is InChI=1S/C19H19N3O6/c1-11(21-22-19(26)14-4-3-13(23)10-15(14)24)8-18(25)20-12-2-5-16-17(9-12)28-7-6-27-16/h2-5,9-10,23-24H,6-8H2,1H3,(H,20,25)(H,22,26)/b21-11+. The SMILES string of the molecule is C/C(CC(=O)Nc1ccc2c(c1)OCCO2)=N\NC(=O)c1ccc(O)cc1O. The number of rotatable bonds is 5. The van der Waals surface area contributed by atoms with Crippen molar-refractivity contribution in [2.45, 2.75) is 13.3 Å². The van der Waals surface area contributed by atoms with E-state index in [2.05, 4.69) is 15.8 Å². The highest BCUT2D eigenvalue weighted by Crippen LogP contribution is 2.32. The molecule has 4 N–H and O–H groups in total. The predicted molar refractivity (Wildman–Crippen MR) is 101 cm³/mol. The van der Waals surface area contributed by atoms with Gasteiger partial charge in [-0.25, -0.2) is 5.43 Å². The summed E-state index contributed by atoms with van der Waals surface area (Å²) in [5, 5.41) is 25.5. The Labute approximate surface area is 160 Å². The Morgan fingerprint density at radius 3 is 2.57 bits per heavy atom. The summed E-state index contributed by atoms with van der Waals surface area (Å²) in [6.07, 6.45) is -0.0454. The Balaban J connectivity index is 1.55. The summed E-state index contributed by atoms with van der Waals surface area (Å²) in [5.74, 6) is -0.326. The van der Waals surface area contributed by atoms with E-state index in [1.165, 1.54) is 12.1 Å². The molecule has 3 rings (SSSR count). The van der Waals surface area contributed by atoms with Gasteiger partial charge in [-0.2, -0.15) is 5.10 Å². The van der Waals surface area contributed by atoms with Crippen molar-refractivity contribution >= 4 is 23.2 Å². The summed E-state index contributed by atoms with van der Waals surface area (Å²) in [5.41, 5.74) is 3.13. The summed E-state index contributed by atoms with van der Waals surface area (Å²) in [7, 11) is 0. The number of nitrogens with zero attached hydrogens (tertiary/aromatic N) is 1. The number of nitrogens with one attached hydrogen (secondary N) is 2. The van der Waals surface area contributed by atoms with Gasteiger partial charge in [0.25, 0.3) is 5.91 Å². The first kappa shape index (κ1) is 19.0. The highest BCUT2D eigenvalue weighted by molar-refractivity contribution is 6.06. The monoisotopic (exact) mass is 385 g/mol. The third kappa shape index (κ3) is 4.70. The molecule has 0 unspecified atom stereocenters. The van der Waals surface area contributed by atoms with Crippen molar-refractivity contribution in [1.29, 1.82) is 0 Å². The molecule has 0 aromatic heterocycles. The van der Waals surface area contributed by atoms with Gasteiger partial charge in [0.15, 0.2) is 11.5 Å². The Bertz CT molecular complexity index is 941. The molecule has 146 valence electrons. The molecule has 1 aliphatic rings. The zero-order chi connectivity index (χ0) is 20.1. The zero-order valence-electron chi connectivity index (χ0n) is 15.1. The molecule has 1 aliphatic heterocycles. The average molecular weight is 385 g/mol. The molecule has 0 fully saturated rings. The number of fused-ring (bicyclic) bond motifs is 1. The molecule has 2 aromatic rings. The van der Waals surface area contributed by atoms with Crippen LogP contribution in [0.2, 0.25) is 0 Å². The molecular weight excluding hydrogens is 366 g/mol. The van der Waals surface area contributed by atoms with Crippen molar-refractivity contribution in [3.8, 4) is 23.0 Å². The van der Waals surface area contributed by atoms with E-state index in [-0.39, 0.29) is 29.4 Å². The molecule has 2 amide bonds. The van der Waals surface area contributed by atoms with Gasteiger partial charge in [0.2, 0.25) is 5.91 Å². The molecule has 0 radical (unpaired) electrons. The Morgan fingerprint density at radius 2 is 1.82 bits per heavy atom. The van der Waals surface area contributed by atoms with Crippen LogP contribution >= 0.6 is 0 Å². The van der Waals surface area contributed by atoms with Crippen molar-refractivity contribution in [3.05, 3.63) is 42.0 Å². The lowest BCUT2D eigenvalue weighted by Crippen LogP contribution is -2.21. The second-order valence-electron chi connectivity index (χ2n) is 6.07. The van der Waals surface area contributed by atoms with Gasteiger partial charge >= 0.3 is 0 Å². The highest BCUT2D eigenvalue weighted by atomic mass is 16.6. The van der Waals surface area contributed by atoms with Gasteiger partial charge < -0.3 is 25.0 Å². The minimum atomic E-state index is -0.663. The van der Waals surface area contributed by atoms with Crippen LogP contribution in [0.4, 0.5) is 5.69 Å². The first-order chi connectivity index (χ1) is 13.4. The van der Waals surface area contributed by atoms with Crippen molar-refractivity contribution in [2.24, 2.45) is 5.10 Å². The molecule has 9 heteroatoms. The number of benzene rings is 2. The maximum atomic E-state index is 12.2. The normalized spacial score (nSPS) is 13.0. The van der Waals surface area contributed by atoms with E-state index >= 15 is 0 Å². The number of anilines is 1. The highest BCUT2D eigenvalue weighted by Gasteiger charge is 2.14. The fraction of sp³-hybridized carbons (Fsp3) is 0.211. The number of phenolic OH excluding ortho intramolecular Hbond substituents is 2. The maximum Gasteiger partial charge on any atom is 0.275 e. The van der Waals surface area contributed by atoms with Crippen LogP contribution in [-0.4, -0.2) is 41.0 Å². The average Bonchev–Trinajstić information content (AvgIpc) is 2.66. The number of hydrazone groups is 1. The number of carbonyl (C=O) groups is 2. The first-order valence-electron chi connectivity index (χ1n) is 8.47. The topological polar surface area (TPSA) is 129 Å². The molecule has 0 atom stereocenters. The van der Waals surface area contributed by atoms with Crippen molar-refractivity contribution in [3.63, 3.8) is 0 Å². The summed E-state index contributed by atoms with van der Waals surface area (Å²) in [6.45, 7) is 2.52. The van der Waals surface area contributed by atoms with E-state index < -0.39 is 5.91 Å². The summed E-state index contributed by atoms with van der Waals surface area (Å²) >= 11 is 0. The van der Waals surface area contributed by atoms with E-state index in [0.717, 1.165) is 6.07 Å². The molecule has 2 aromatic carbocycles. The van der Waals surface area contributed by atoms with Gasteiger partial charge in [0.05, 0.1) is 12.0 Å². The number of ether oxygens (including phenoxy) is 2. The molecule has 0 spiro atoms. The van der Waals surface area contributed by atoms with Crippen LogP contribution in [-0.2, 0) is 4.79 Å². The second kappa shape index (κ2) is 8.30. The van der Waals surface area contributed by atoms with E-state index in [9.17, 15) is 19.8 Å². The van der Waals surface area contributed by atoms with Gasteiger partial charge in [-0.3, -0.25) is 9.59 Å². The van der Waals surface area contributed by atoms with Crippen LogP contribution in [0, 0.1) is 0 Å². The summed E-state index contributed by atoms with van der Waals surface area (Å²) in [4.78, 5) is 24.2. The third-order valence-corrected chi connectivity index (χ3v) is 3.82. The number of aromatic hydroxyl groups is 2. The lowest BCUT2D eigenvalue weighted by Gasteiger charge is -2.19. The zero-order valence-corrected chi connectivity index (χ0v) is 15.1. The molecule has 9 nitrogen and oxygen atoms in total. The first-order valence-corrected chi connectivity index (χ1v) is 8.47. The number of hydrogen-bond donors (Lipinski definition) is 4. The Morgan fingerprint density at radius 1 is 1.07 bits per heavy atom. The summed E-state index contributed by atoms with van der Waals surface area (Å²) < 4.78 is 10.9. The molecule has 0 bridgehead atoms. The van der Waals surface area contributed by atoms with Gasteiger partial charge in [-0.1, -0.05) is 0 Å². The number of hydrogen-bond acceptors (Lipinski definition) is 7. The van der Waals surface area contributed by atoms with Crippen LogP contribution in [0.3, 0.4) is 0 Å².